The second-order valence-corrected chi connectivity index (χ2v) is 14.4. The number of hydrogen-bond donors (Lipinski definition) is 3. The summed E-state index contributed by atoms with van der Waals surface area (Å²) in [7, 11) is 0. The number of thiazole rings is 1. The fourth-order valence-electron chi connectivity index (χ4n) is 6.59. The van der Waals surface area contributed by atoms with Crippen molar-refractivity contribution in [3.8, 4) is 0 Å². The summed E-state index contributed by atoms with van der Waals surface area (Å²) in [6.07, 6.45) is 7.51. The lowest BCUT2D eigenvalue weighted by molar-refractivity contribution is 0.0795. The molecule has 6 rings (SSSR count). The van der Waals surface area contributed by atoms with Gasteiger partial charge in [-0.25, -0.2) is 15.0 Å². The minimum atomic E-state index is -0.310. The first-order chi connectivity index (χ1) is 20.1. The van der Waals surface area contributed by atoms with E-state index in [-0.39, 0.29) is 29.6 Å². The van der Waals surface area contributed by atoms with Gasteiger partial charge < -0.3 is 25.3 Å². The lowest BCUT2D eigenvalue weighted by Gasteiger charge is -2.34. The third-order valence-electron chi connectivity index (χ3n) is 9.42. The summed E-state index contributed by atoms with van der Waals surface area (Å²) >= 11 is 1.37. The second-order valence-electron chi connectivity index (χ2n) is 13.5. The van der Waals surface area contributed by atoms with Crippen LogP contribution in [0.15, 0.2) is 24.4 Å². The van der Waals surface area contributed by atoms with Gasteiger partial charge in [-0.05, 0) is 79.5 Å². The number of carbonyl (C=O) groups excluding carboxylic acids is 1. The number of fused-ring (bicyclic) bond motifs is 2. The molecule has 0 spiro atoms. The molecule has 0 radical (unpaired) electrons. The molecule has 1 aliphatic carbocycles. The van der Waals surface area contributed by atoms with Gasteiger partial charge in [-0.1, -0.05) is 38.2 Å². The van der Waals surface area contributed by atoms with Crippen molar-refractivity contribution in [1.82, 2.24) is 25.2 Å². The summed E-state index contributed by atoms with van der Waals surface area (Å²) in [4.78, 5) is 33.3. The van der Waals surface area contributed by atoms with Gasteiger partial charge in [0, 0.05) is 44.6 Å². The molecule has 42 heavy (non-hydrogen) atoms. The summed E-state index contributed by atoms with van der Waals surface area (Å²) in [6, 6.07) is 5.96. The molecule has 10 heteroatoms. The van der Waals surface area contributed by atoms with Crippen molar-refractivity contribution >= 4 is 33.4 Å². The van der Waals surface area contributed by atoms with Crippen molar-refractivity contribution < 1.29 is 15.0 Å². The molecule has 9 nitrogen and oxygen atoms in total. The minimum Gasteiger partial charge on any atom is -0.393 e. The first kappa shape index (κ1) is 29.4. The van der Waals surface area contributed by atoms with Crippen molar-refractivity contribution in [2.75, 3.05) is 37.6 Å². The number of rotatable bonds is 7. The van der Waals surface area contributed by atoms with Crippen LogP contribution >= 0.6 is 11.3 Å². The van der Waals surface area contributed by atoms with Crippen LogP contribution < -0.4 is 10.2 Å². The molecule has 0 aromatic carbocycles. The lowest BCUT2D eigenvalue weighted by Crippen LogP contribution is -2.38. The van der Waals surface area contributed by atoms with Crippen LogP contribution in [0.4, 0.5) is 5.82 Å². The normalized spacial score (nSPS) is 22.8. The maximum absolute atomic E-state index is 13.6. The maximum atomic E-state index is 13.6. The molecule has 3 aromatic rings. The Kier molecular flexibility index (Phi) is 8.51. The van der Waals surface area contributed by atoms with E-state index in [4.69, 9.17) is 15.0 Å². The Bertz CT molecular complexity index is 1400. The minimum absolute atomic E-state index is 0.186. The number of carbonyl (C=O) groups is 1. The van der Waals surface area contributed by atoms with Gasteiger partial charge in [-0.3, -0.25) is 4.79 Å². The highest BCUT2D eigenvalue weighted by molar-refractivity contribution is 7.19. The van der Waals surface area contributed by atoms with Crippen LogP contribution in [0.25, 0.3) is 10.3 Å². The molecule has 1 amide bonds. The molecule has 2 saturated heterocycles. The fourth-order valence-corrected chi connectivity index (χ4v) is 7.43. The monoisotopic (exact) mass is 592 g/mol. The van der Waals surface area contributed by atoms with Crippen LogP contribution in [0, 0.1) is 11.3 Å². The van der Waals surface area contributed by atoms with Crippen molar-refractivity contribution in [3.63, 3.8) is 0 Å². The van der Waals surface area contributed by atoms with Crippen LogP contribution in [-0.4, -0.2) is 80.9 Å². The molecule has 3 aliphatic rings. The van der Waals surface area contributed by atoms with Crippen LogP contribution in [0.3, 0.4) is 0 Å². The molecule has 2 aliphatic heterocycles. The topological polar surface area (TPSA) is 115 Å². The lowest BCUT2D eigenvalue weighted by atomic mass is 9.71. The number of piperidine rings is 1. The number of aryl methyl sites for hydroxylation is 1. The standard InChI is InChI=1S/C32H44N6O3S/c1-32(2,3)22-5-6-25-21(16-22)17-27-30(35-25)42-31(36-27)29(41)34-26(11-14-37-12-8-23(39)9-13-37)20-4-7-28(33-18-20)38-15-10-24(40)19-38/h4,7,17-18,22-24,26,39-40H,5-6,8-16,19H2,1-3H3,(H,34,41)/t22-,24?,26+/m0/s1. The van der Waals surface area contributed by atoms with Gasteiger partial charge in [0.25, 0.3) is 5.91 Å². The molecule has 3 aromatic heterocycles. The third-order valence-corrected chi connectivity index (χ3v) is 10.4. The Morgan fingerprint density at radius 2 is 1.88 bits per heavy atom. The van der Waals surface area contributed by atoms with E-state index in [1.165, 1.54) is 16.9 Å². The number of nitrogens with one attached hydrogen (secondary N) is 1. The Hall–Kier alpha value is -2.66. The van der Waals surface area contributed by atoms with Gasteiger partial charge >= 0.3 is 0 Å². The largest absolute Gasteiger partial charge is 0.393 e. The number of nitrogens with zero attached hydrogens (tertiary/aromatic N) is 5. The summed E-state index contributed by atoms with van der Waals surface area (Å²) < 4.78 is 0. The van der Waals surface area contributed by atoms with Crippen molar-refractivity contribution in [1.29, 1.82) is 0 Å². The Morgan fingerprint density at radius 1 is 1.10 bits per heavy atom. The highest BCUT2D eigenvalue weighted by Crippen LogP contribution is 2.38. The molecule has 5 heterocycles. The van der Waals surface area contributed by atoms with Crippen LogP contribution in [-0.2, 0) is 12.8 Å². The molecule has 0 saturated carbocycles. The molecule has 2 fully saturated rings. The maximum Gasteiger partial charge on any atom is 0.280 e. The van der Waals surface area contributed by atoms with Gasteiger partial charge in [-0.15, -0.1) is 0 Å². The van der Waals surface area contributed by atoms with Crippen LogP contribution in [0.5, 0.6) is 0 Å². The molecule has 0 bridgehead atoms. The summed E-state index contributed by atoms with van der Waals surface area (Å²) in [5.74, 6) is 1.28. The molecule has 3 N–H and O–H groups in total. The summed E-state index contributed by atoms with van der Waals surface area (Å²) in [6.45, 7) is 10.9. The highest BCUT2D eigenvalue weighted by atomic mass is 32.1. The van der Waals surface area contributed by atoms with E-state index in [0.29, 0.717) is 17.5 Å². The predicted molar refractivity (Wildman–Crippen MR) is 166 cm³/mol. The Balaban J connectivity index is 1.19. The molecular formula is C32H44N6O3S. The number of hydrogen-bond acceptors (Lipinski definition) is 9. The van der Waals surface area contributed by atoms with E-state index < -0.39 is 0 Å². The summed E-state index contributed by atoms with van der Waals surface area (Å²) in [5, 5.41) is 23.5. The van der Waals surface area contributed by atoms with Gasteiger partial charge in [0.15, 0.2) is 5.01 Å². The predicted octanol–water partition coefficient (Wildman–Crippen LogP) is 4.13. The zero-order chi connectivity index (χ0) is 29.4. The van der Waals surface area contributed by atoms with Gasteiger partial charge in [0.2, 0.25) is 0 Å². The number of β-amino-alcohol motifs (C(OH)–C–C–N with tert-alkyl or cyclic N) is 1. The number of likely N-dealkylation sites (tertiary alicyclic amines) is 1. The average molecular weight is 593 g/mol. The fraction of sp³-hybridized carbons (Fsp3) is 0.625. The smallest absolute Gasteiger partial charge is 0.280 e. The zero-order valence-corrected chi connectivity index (χ0v) is 25.9. The van der Waals surface area contributed by atoms with E-state index in [2.05, 4.69) is 42.0 Å². The SMILES string of the molecule is CC(C)(C)[C@H]1CCc2nc3sc(C(=O)N[C@H](CCN4CCC(O)CC4)c4ccc(N5CCC(O)C5)nc4)nc3cc2C1. The van der Waals surface area contributed by atoms with Gasteiger partial charge in [-0.2, -0.15) is 0 Å². The van der Waals surface area contributed by atoms with Crippen molar-refractivity contribution in [2.24, 2.45) is 11.3 Å². The molecule has 1 unspecified atom stereocenters. The quantitative estimate of drug-likeness (QED) is 0.375. The number of pyridine rings is 2. The van der Waals surface area contributed by atoms with E-state index >= 15 is 0 Å². The number of aromatic nitrogens is 3. The van der Waals surface area contributed by atoms with E-state index in [9.17, 15) is 15.0 Å². The Labute approximate surface area is 252 Å². The van der Waals surface area contributed by atoms with Gasteiger partial charge in [0.05, 0.1) is 18.2 Å². The third kappa shape index (κ3) is 6.61. The first-order valence-electron chi connectivity index (χ1n) is 15.5. The molecular weight excluding hydrogens is 548 g/mol. The number of aliphatic hydroxyl groups excluding tert-OH is 2. The molecule has 226 valence electrons. The van der Waals surface area contributed by atoms with E-state index in [1.54, 1.807) is 0 Å². The molecule has 3 atom stereocenters. The van der Waals surface area contributed by atoms with E-state index in [0.717, 1.165) is 98.5 Å². The average Bonchev–Trinajstić information content (AvgIpc) is 3.60. The summed E-state index contributed by atoms with van der Waals surface area (Å²) in [5.41, 5.74) is 4.44. The highest BCUT2D eigenvalue weighted by Gasteiger charge is 2.30. The van der Waals surface area contributed by atoms with Crippen molar-refractivity contribution in [2.45, 2.75) is 84.0 Å². The number of aliphatic hydroxyl groups is 2. The first-order valence-corrected chi connectivity index (χ1v) is 16.3. The number of anilines is 1. The van der Waals surface area contributed by atoms with Crippen LogP contribution in [0.1, 0.15) is 85.5 Å². The Morgan fingerprint density at radius 3 is 2.57 bits per heavy atom. The second kappa shape index (κ2) is 12.1. The van der Waals surface area contributed by atoms with Crippen LogP contribution in [0.2, 0.25) is 0 Å². The zero-order valence-electron chi connectivity index (χ0n) is 25.1. The van der Waals surface area contributed by atoms with Gasteiger partial charge in [0.1, 0.15) is 16.2 Å². The van der Waals surface area contributed by atoms with E-state index in [1.807, 2.05) is 18.3 Å². The number of amides is 1. The van der Waals surface area contributed by atoms with Crippen molar-refractivity contribution in [3.05, 3.63) is 46.2 Å².